The van der Waals surface area contributed by atoms with Crippen LogP contribution in [0.2, 0.25) is 0 Å². The lowest BCUT2D eigenvalue weighted by atomic mass is 10.2. The number of benzene rings is 1. The zero-order valence-corrected chi connectivity index (χ0v) is 14.1. The number of ether oxygens (including phenoxy) is 1. The first-order valence-electron chi connectivity index (χ1n) is 7.86. The number of aromatic nitrogens is 4. The van der Waals surface area contributed by atoms with Crippen LogP contribution in [0.4, 0.5) is 0 Å². The first-order valence-corrected chi connectivity index (χ1v) is 7.86. The summed E-state index contributed by atoms with van der Waals surface area (Å²) in [6, 6.07) is 9.08. The number of primary amides is 1. The van der Waals surface area contributed by atoms with E-state index < -0.39 is 5.91 Å². The molecular weight excluding hydrogens is 322 g/mol. The molecule has 0 aliphatic rings. The molecular formula is C17H19N5O3. The Morgan fingerprint density at radius 2 is 2.04 bits per heavy atom. The largest absolute Gasteiger partial charge is 0.484 e. The molecule has 0 saturated carbocycles. The Hall–Kier alpha value is -3.16. The summed E-state index contributed by atoms with van der Waals surface area (Å²) in [5, 5.41) is 8.41. The number of carbonyl (C=O) groups is 1. The van der Waals surface area contributed by atoms with E-state index in [0.717, 1.165) is 17.0 Å². The lowest BCUT2D eigenvalue weighted by molar-refractivity contribution is -0.119. The molecule has 1 amide bonds. The molecule has 3 rings (SSSR count). The summed E-state index contributed by atoms with van der Waals surface area (Å²) in [7, 11) is 0. The molecule has 2 N–H and O–H groups in total. The molecule has 0 aliphatic heterocycles. The van der Waals surface area contributed by atoms with Gasteiger partial charge in [0.05, 0.1) is 5.69 Å². The second-order valence-corrected chi connectivity index (χ2v) is 5.69. The molecule has 0 spiro atoms. The van der Waals surface area contributed by atoms with Crippen LogP contribution >= 0.6 is 0 Å². The zero-order valence-electron chi connectivity index (χ0n) is 14.1. The van der Waals surface area contributed by atoms with Crippen molar-refractivity contribution >= 4 is 5.91 Å². The predicted molar refractivity (Wildman–Crippen MR) is 89.8 cm³/mol. The third-order valence-corrected chi connectivity index (χ3v) is 3.60. The Morgan fingerprint density at radius 1 is 1.28 bits per heavy atom. The van der Waals surface area contributed by atoms with Crippen molar-refractivity contribution in [1.82, 2.24) is 19.9 Å². The molecule has 130 valence electrons. The third-order valence-electron chi connectivity index (χ3n) is 3.60. The van der Waals surface area contributed by atoms with Crippen LogP contribution in [0.1, 0.15) is 17.3 Å². The van der Waals surface area contributed by atoms with Crippen molar-refractivity contribution in [2.75, 3.05) is 6.61 Å². The summed E-state index contributed by atoms with van der Waals surface area (Å²) >= 11 is 0. The van der Waals surface area contributed by atoms with Crippen molar-refractivity contribution in [3.63, 3.8) is 0 Å². The minimum Gasteiger partial charge on any atom is -0.484 e. The highest BCUT2D eigenvalue weighted by atomic mass is 16.5. The maximum atomic E-state index is 10.7. The molecule has 2 heterocycles. The topological polar surface area (TPSA) is 109 Å². The van der Waals surface area contributed by atoms with Crippen molar-refractivity contribution in [3.05, 3.63) is 47.6 Å². The fourth-order valence-corrected chi connectivity index (χ4v) is 2.43. The molecule has 0 aliphatic carbocycles. The Balaban J connectivity index is 1.62. The highest BCUT2D eigenvalue weighted by Crippen LogP contribution is 2.20. The van der Waals surface area contributed by atoms with E-state index in [1.54, 1.807) is 24.3 Å². The molecule has 1 aromatic carbocycles. The lowest BCUT2D eigenvalue weighted by Gasteiger charge is -2.03. The third kappa shape index (κ3) is 4.23. The average molecular weight is 341 g/mol. The molecule has 0 bridgehead atoms. The molecule has 0 unspecified atom stereocenters. The van der Waals surface area contributed by atoms with Crippen LogP contribution in [0.25, 0.3) is 11.4 Å². The van der Waals surface area contributed by atoms with Gasteiger partial charge >= 0.3 is 0 Å². The van der Waals surface area contributed by atoms with Crippen molar-refractivity contribution in [2.45, 2.75) is 26.8 Å². The van der Waals surface area contributed by atoms with Crippen molar-refractivity contribution in [3.8, 4) is 17.1 Å². The van der Waals surface area contributed by atoms with Crippen LogP contribution in [0.5, 0.6) is 5.75 Å². The van der Waals surface area contributed by atoms with E-state index in [1.807, 2.05) is 24.6 Å². The summed E-state index contributed by atoms with van der Waals surface area (Å²) in [4.78, 5) is 15.1. The van der Waals surface area contributed by atoms with E-state index in [4.69, 9.17) is 15.0 Å². The van der Waals surface area contributed by atoms with Crippen molar-refractivity contribution in [2.24, 2.45) is 5.73 Å². The van der Waals surface area contributed by atoms with Gasteiger partial charge in [-0.3, -0.25) is 9.48 Å². The maximum Gasteiger partial charge on any atom is 0.255 e. The van der Waals surface area contributed by atoms with Gasteiger partial charge in [-0.1, -0.05) is 5.16 Å². The molecule has 25 heavy (non-hydrogen) atoms. The van der Waals surface area contributed by atoms with E-state index >= 15 is 0 Å². The van der Waals surface area contributed by atoms with Crippen LogP contribution in [0, 0.1) is 13.8 Å². The van der Waals surface area contributed by atoms with Crippen molar-refractivity contribution < 1.29 is 14.1 Å². The Bertz CT molecular complexity index is 867. The van der Waals surface area contributed by atoms with Crippen LogP contribution in [-0.4, -0.2) is 32.4 Å². The zero-order chi connectivity index (χ0) is 17.8. The summed E-state index contributed by atoms with van der Waals surface area (Å²) in [5.74, 6) is 1.09. The van der Waals surface area contributed by atoms with Crippen LogP contribution in [0.15, 0.2) is 34.9 Å². The highest BCUT2D eigenvalue weighted by Gasteiger charge is 2.10. The molecule has 8 nitrogen and oxygen atoms in total. The van der Waals surface area contributed by atoms with Crippen LogP contribution < -0.4 is 10.5 Å². The van der Waals surface area contributed by atoms with E-state index in [1.165, 1.54) is 0 Å². The van der Waals surface area contributed by atoms with E-state index in [2.05, 4.69) is 15.2 Å². The number of rotatable bonds is 7. The SMILES string of the molecule is Cc1cc(C)n(CCc2nc(-c3ccc(OCC(N)=O)cc3)no2)n1. The summed E-state index contributed by atoms with van der Waals surface area (Å²) in [5.41, 5.74) is 7.93. The minimum absolute atomic E-state index is 0.155. The van der Waals surface area contributed by atoms with Gasteiger partial charge in [-0.2, -0.15) is 10.1 Å². The predicted octanol–water partition coefficient (Wildman–Crippen LogP) is 1.66. The number of aryl methyl sites for hydroxylation is 4. The van der Waals surface area contributed by atoms with E-state index in [0.29, 0.717) is 30.4 Å². The van der Waals surface area contributed by atoms with Gasteiger partial charge in [0.25, 0.3) is 5.91 Å². The second-order valence-electron chi connectivity index (χ2n) is 5.69. The van der Waals surface area contributed by atoms with Gasteiger partial charge in [-0.05, 0) is 44.2 Å². The van der Waals surface area contributed by atoms with Gasteiger partial charge in [-0.15, -0.1) is 0 Å². The Morgan fingerprint density at radius 3 is 2.68 bits per heavy atom. The first kappa shape index (κ1) is 16.7. The number of amides is 1. The van der Waals surface area contributed by atoms with E-state index in [9.17, 15) is 4.79 Å². The monoisotopic (exact) mass is 341 g/mol. The molecule has 2 aromatic heterocycles. The standard InChI is InChI=1S/C17H19N5O3/c1-11-9-12(2)22(20-11)8-7-16-19-17(21-25-16)13-3-5-14(6-4-13)24-10-15(18)23/h3-6,9H,7-8,10H2,1-2H3,(H2,18,23). The average Bonchev–Trinajstić information content (AvgIpc) is 3.17. The number of nitrogens with zero attached hydrogens (tertiary/aromatic N) is 4. The second kappa shape index (κ2) is 7.16. The smallest absolute Gasteiger partial charge is 0.255 e. The Kier molecular flexibility index (Phi) is 4.78. The summed E-state index contributed by atoms with van der Waals surface area (Å²) < 4.78 is 12.4. The molecule has 8 heteroatoms. The molecule has 3 aromatic rings. The maximum absolute atomic E-state index is 10.7. The van der Waals surface area contributed by atoms with Gasteiger partial charge in [-0.25, -0.2) is 0 Å². The van der Waals surface area contributed by atoms with Crippen molar-refractivity contribution in [1.29, 1.82) is 0 Å². The Labute approximate surface area is 144 Å². The van der Waals surface area contributed by atoms with Crippen LogP contribution in [0.3, 0.4) is 0 Å². The van der Waals surface area contributed by atoms with Gasteiger partial charge in [0.2, 0.25) is 11.7 Å². The van der Waals surface area contributed by atoms with Gasteiger partial charge in [0, 0.05) is 24.2 Å². The van der Waals surface area contributed by atoms with E-state index in [-0.39, 0.29) is 6.61 Å². The molecule has 0 saturated heterocycles. The highest BCUT2D eigenvalue weighted by molar-refractivity contribution is 5.75. The molecule has 0 radical (unpaired) electrons. The number of nitrogens with two attached hydrogens (primary N) is 1. The van der Waals surface area contributed by atoms with Gasteiger partial charge < -0.3 is 15.0 Å². The number of hydrogen-bond donors (Lipinski definition) is 1. The normalized spacial score (nSPS) is 10.8. The lowest BCUT2D eigenvalue weighted by Crippen LogP contribution is -2.19. The quantitative estimate of drug-likeness (QED) is 0.700. The molecule has 0 fully saturated rings. The first-order chi connectivity index (χ1) is 12.0. The van der Waals surface area contributed by atoms with Crippen LogP contribution in [-0.2, 0) is 17.8 Å². The van der Waals surface area contributed by atoms with Gasteiger partial charge in [0.15, 0.2) is 6.61 Å². The van der Waals surface area contributed by atoms with Gasteiger partial charge in [0.1, 0.15) is 5.75 Å². The summed E-state index contributed by atoms with van der Waals surface area (Å²) in [6.07, 6.45) is 0.606. The summed E-state index contributed by atoms with van der Waals surface area (Å²) in [6.45, 7) is 4.51. The fraction of sp³-hybridized carbons (Fsp3) is 0.294. The fourth-order valence-electron chi connectivity index (χ4n) is 2.43. The minimum atomic E-state index is -0.519. The number of hydrogen-bond acceptors (Lipinski definition) is 6. The molecule has 0 atom stereocenters. The number of carbonyl (C=O) groups excluding carboxylic acids is 1.